The number of benzene rings is 2. The molecule has 0 saturated carbocycles. The fraction of sp³-hybridized carbons (Fsp3) is 0.0476. The summed E-state index contributed by atoms with van der Waals surface area (Å²) in [5.74, 6) is -0.789. The molecule has 0 saturated heterocycles. The minimum Gasteiger partial charge on any atom is -0.494 e. The van der Waals surface area contributed by atoms with Gasteiger partial charge >= 0.3 is 0 Å². The zero-order valence-corrected chi connectivity index (χ0v) is 15.7. The van der Waals surface area contributed by atoms with E-state index in [0.717, 1.165) is 10.6 Å². The molecule has 4 rings (SSSR count). The SMILES string of the molecule is COc1ccc(NC(=O)c2cn(-c3ccccc3)nc2-c2cccs2)cc1F. The van der Waals surface area contributed by atoms with E-state index >= 15 is 0 Å². The van der Waals surface area contributed by atoms with Crippen molar-refractivity contribution in [2.75, 3.05) is 12.4 Å². The van der Waals surface area contributed by atoms with E-state index in [1.807, 2.05) is 47.8 Å². The molecule has 0 aliphatic carbocycles. The minimum atomic E-state index is -0.543. The number of nitrogens with zero attached hydrogens (tertiary/aromatic N) is 2. The lowest BCUT2D eigenvalue weighted by Crippen LogP contribution is -2.12. The van der Waals surface area contributed by atoms with E-state index in [4.69, 9.17) is 4.74 Å². The van der Waals surface area contributed by atoms with Gasteiger partial charge in [0.1, 0.15) is 5.69 Å². The normalized spacial score (nSPS) is 10.6. The van der Waals surface area contributed by atoms with Crippen LogP contribution in [0.1, 0.15) is 10.4 Å². The van der Waals surface area contributed by atoms with Gasteiger partial charge in [-0.15, -0.1) is 11.3 Å². The van der Waals surface area contributed by atoms with Crippen LogP contribution in [0, 0.1) is 5.82 Å². The molecule has 28 heavy (non-hydrogen) atoms. The van der Waals surface area contributed by atoms with E-state index in [-0.39, 0.29) is 11.7 Å². The summed E-state index contributed by atoms with van der Waals surface area (Å²) >= 11 is 1.50. The number of ether oxygens (including phenoxy) is 1. The maximum Gasteiger partial charge on any atom is 0.259 e. The van der Waals surface area contributed by atoms with Crippen LogP contribution >= 0.6 is 11.3 Å². The molecule has 2 aromatic carbocycles. The number of hydrogen-bond donors (Lipinski definition) is 1. The largest absolute Gasteiger partial charge is 0.494 e. The number of thiophene rings is 1. The first-order valence-corrected chi connectivity index (χ1v) is 9.37. The van der Waals surface area contributed by atoms with Crippen LogP contribution in [0.5, 0.6) is 5.75 Å². The van der Waals surface area contributed by atoms with E-state index in [2.05, 4.69) is 10.4 Å². The van der Waals surface area contributed by atoms with Crippen molar-refractivity contribution >= 4 is 22.9 Å². The summed E-state index contributed by atoms with van der Waals surface area (Å²) in [7, 11) is 1.39. The summed E-state index contributed by atoms with van der Waals surface area (Å²) in [5.41, 5.74) is 2.16. The molecule has 0 atom stereocenters. The van der Waals surface area contributed by atoms with Gasteiger partial charge in [-0.1, -0.05) is 24.3 Å². The number of carbonyl (C=O) groups is 1. The van der Waals surface area contributed by atoms with Gasteiger partial charge in [0.05, 0.1) is 23.2 Å². The van der Waals surface area contributed by atoms with Crippen molar-refractivity contribution in [3.63, 3.8) is 0 Å². The number of anilines is 1. The fourth-order valence-electron chi connectivity index (χ4n) is 2.79. The average molecular weight is 393 g/mol. The Bertz CT molecular complexity index is 1110. The van der Waals surface area contributed by atoms with Crippen LogP contribution in [0.25, 0.3) is 16.3 Å². The van der Waals surface area contributed by atoms with Crippen molar-refractivity contribution in [3.05, 3.63) is 83.6 Å². The summed E-state index contributed by atoms with van der Waals surface area (Å²) in [6.07, 6.45) is 1.68. The van der Waals surface area contributed by atoms with Gasteiger partial charge in [-0.05, 0) is 35.7 Å². The molecule has 0 radical (unpaired) electrons. The third-order valence-corrected chi connectivity index (χ3v) is 5.02. The number of methoxy groups -OCH3 is 1. The molecule has 0 aliphatic heterocycles. The highest BCUT2D eigenvalue weighted by atomic mass is 32.1. The predicted octanol–water partition coefficient (Wildman–Crippen LogP) is 5.00. The fourth-order valence-corrected chi connectivity index (χ4v) is 3.51. The Morgan fingerprint density at radius 3 is 2.64 bits per heavy atom. The standard InChI is InChI=1S/C21H16FN3O2S/c1-27-18-10-9-14(12-17(18)22)23-21(26)16-13-25(15-6-3-2-4-7-15)24-20(16)19-8-5-11-28-19/h2-13H,1H3,(H,23,26). The highest BCUT2D eigenvalue weighted by Gasteiger charge is 2.20. The van der Waals surface area contributed by atoms with Crippen LogP contribution in [-0.2, 0) is 0 Å². The molecule has 7 heteroatoms. The summed E-state index contributed by atoms with van der Waals surface area (Å²) in [4.78, 5) is 13.8. The van der Waals surface area contributed by atoms with Crippen LogP contribution in [0.2, 0.25) is 0 Å². The Balaban J connectivity index is 1.70. The molecule has 4 aromatic rings. The molecule has 1 amide bonds. The second kappa shape index (κ2) is 7.66. The van der Waals surface area contributed by atoms with Gasteiger partial charge in [-0.2, -0.15) is 5.10 Å². The highest BCUT2D eigenvalue weighted by molar-refractivity contribution is 7.13. The van der Waals surface area contributed by atoms with Crippen molar-refractivity contribution < 1.29 is 13.9 Å². The van der Waals surface area contributed by atoms with Crippen molar-refractivity contribution in [1.29, 1.82) is 0 Å². The zero-order valence-electron chi connectivity index (χ0n) is 14.9. The first-order valence-electron chi connectivity index (χ1n) is 8.49. The van der Waals surface area contributed by atoms with Crippen LogP contribution in [-0.4, -0.2) is 22.8 Å². The number of halogens is 1. The lowest BCUT2D eigenvalue weighted by Gasteiger charge is -2.07. The van der Waals surface area contributed by atoms with Crippen LogP contribution in [0.4, 0.5) is 10.1 Å². The third kappa shape index (κ3) is 3.52. The van der Waals surface area contributed by atoms with E-state index in [1.165, 1.54) is 30.6 Å². The minimum absolute atomic E-state index is 0.120. The lowest BCUT2D eigenvalue weighted by molar-refractivity contribution is 0.102. The zero-order chi connectivity index (χ0) is 19.5. The molecule has 1 N–H and O–H groups in total. The lowest BCUT2D eigenvalue weighted by atomic mass is 10.2. The topological polar surface area (TPSA) is 56.1 Å². The van der Waals surface area contributed by atoms with Crippen molar-refractivity contribution in [3.8, 4) is 22.0 Å². The summed E-state index contributed by atoms with van der Waals surface area (Å²) in [5, 5.41) is 9.27. The van der Waals surface area contributed by atoms with Gasteiger partial charge in [-0.25, -0.2) is 9.07 Å². The maximum absolute atomic E-state index is 13.9. The Labute approximate surface area is 165 Å². The summed E-state index contributed by atoms with van der Waals surface area (Å²) < 4.78 is 20.5. The average Bonchev–Trinajstić information content (AvgIpc) is 3.38. The van der Waals surface area contributed by atoms with Gasteiger partial charge in [0.2, 0.25) is 0 Å². The van der Waals surface area contributed by atoms with Gasteiger partial charge < -0.3 is 10.1 Å². The molecule has 0 bridgehead atoms. The number of para-hydroxylation sites is 1. The molecule has 0 unspecified atom stereocenters. The molecule has 0 spiro atoms. The van der Waals surface area contributed by atoms with Crippen LogP contribution in [0.15, 0.2) is 72.2 Å². The Kier molecular flexibility index (Phi) is 4.90. The Hall–Kier alpha value is -3.45. The molecule has 0 fully saturated rings. The predicted molar refractivity (Wildman–Crippen MR) is 108 cm³/mol. The van der Waals surface area contributed by atoms with E-state index in [0.29, 0.717) is 16.9 Å². The number of nitrogens with one attached hydrogen (secondary N) is 1. The van der Waals surface area contributed by atoms with Crippen LogP contribution < -0.4 is 10.1 Å². The van der Waals surface area contributed by atoms with Gasteiger partial charge in [0, 0.05) is 18.0 Å². The van der Waals surface area contributed by atoms with Gasteiger partial charge in [0.25, 0.3) is 5.91 Å². The first-order chi connectivity index (χ1) is 13.7. The van der Waals surface area contributed by atoms with Crippen molar-refractivity contribution in [2.24, 2.45) is 0 Å². The quantitative estimate of drug-likeness (QED) is 0.519. The van der Waals surface area contributed by atoms with Crippen molar-refractivity contribution in [2.45, 2.75) is 0 Å². The van der Waals surface area contributed by atoms with E-state index < -0.39 is 5.82 Å². The van der Waals surface area contributed by atoms with Gasteiger partial charge in [0.15, 0.2) is 11.6 Å². The maximum atomic E-state index is 13.9. The third-order valence-electron chi connectivity index (χ3n) is 4.14. The molecule has 140 valence electrons. The molecular formula is C21H16FN3O2S. The molecular weight excluding hydrogens is 377 g/mol. The number of rotatable bonds is 5. The summed E-state index contributed by atoms with van der Waals surface area (Å²) in [6, 6.07) is 17.6. The van der Waals surface area contributed by atoms with E-state index in [1.54, 1.807) is 16.9 Å². The number of aromatic nitrogens is 2. The second-order valence-electron chi connectivity index (χ2n) is 5.95. The Morgan fingerprint density at radius 2 is 1.96 bits per heavy atom. The van der Waals surface area contributed by atoms with Crippen molar-refractivity contribution in [1.82, 2.24) is 9.78 Å². The molecule has 0 aliphatic rings. The number of hydrogen-bond acceptors (Lipinski definition) is 4. The van der Waals surface area contributed by atoms with Gasteiger partial charge in [-0.3, -0.25) is 4.79 Å². The molecule has 2 aromatic heterocycles. The molecule has 5 nitrogen and oxygen atoms in total. The first kappa shape index (κ1) is 17.9. The van der Waals surface area contributed by atoms with Crippen LogP contribution in [0.3, 0.4) is 0 Å². The number of amides is 1. The second-order valence-corrected chi connectivity index (χ2v) is 6.90. The smallest absolute Gasteiger partial charge is 0.259 e. The monoisotopic (exact) mass is 393 g/mol. The number of carbonyl (C=O) groups excluding carboxylic acids is 1. The summed E-state index contributed by atoms with van der Waals surface area (Å²) in [6.45, 7) is 0. The van der Waals surface area contributed by atoms with E-state index in [9.17, 15) is 9.18 Å². The molecule has 2 heterocycles. The highest BCUT2D eigenvalue weighted by Crippen LogP contribution is 2.29. The Morgan fingerprint density at radius 1 is 1.14 bits per heavy atom.